The van der Waals surface area contributed by atoms with Crippen LogP contribution in [0.1, 0.15) is 18.7 Å². The van der Waals surface area contributed by atoms with Gasteiger partial charge in [0, 0.05) is 6.04 Å². The standard InChI is InChI=1S/C8H13N5O2/c9-6(14)3-11-8-13-12-7(15-8)4-10-5-1-2-5/h5,10H,1-4H2,(H2,9,14)(H,11,13). The maximum absolute atomic E-state index is 10.5. The molecule has 1 aliphatic rings. The van der Waals surface area contributed by atoms with Crippen molar-refractivity contribution in [3.8, 4) is 0 Å². The van der Waals surface area contributed by atoms with Crippen LogP contribution in [0.25, 0.3) is 0 Å². The molecule has 1 aliphatic carbocycles. The van der Waals surface area contributed by atoms with Crippen LogP contribution in [0.15, 0.2) is 4.42 Å². The molecule has 0 saturated heterocycles. The van der Waals surface area contributed by atoms with Crippen LogP contribution in [0.4, 0.5) is 6.01 Å². The highest BCUT2D eigenvalue weighted by Crippen LogP contribution is 2.19. The normalized spacial score (nSPS) is 15.2. The van der Waals surface area contributed by atoms with Crippen LogP contribution in [-0.2, 0) is 11.3 Å². The molecule has 0 aliphatic heterocycles. The summed E-state index contributed by atoms with van der Waals surface area (Å²) in [5, 5.41) is 13.4. The number of rotatable bonds is 6. The summed E-state index contributed by atoms with van der Waals surface area (Å²) in [5.74, 6) is 0.0414. The van der Waals surface area contributed by atoms with Crippen molar-refractivity contribution in [2.45, 2.75) is 25.4 Å². The molecule has 1 fully saturated rings. The minimum atomic E-state index is -0.467. The molecule has 1 aromatic rings. The van der Waals surface area contributed by atoms with Gasteiger partial charge in [0.1, 0.15) is 0 Å². The molecule has 0 aromatic carbocycles. The van der Waals surface area contributed by atoms with Crippen molar-refractivity contribution in [3.05, 3.63) is 5.89 Å². The number of nitrogens with two attached hydrogens (primary N) is 1. The Morgan fingerprint density at radius 1 is 1.53 bits per heavy atom. The second kappa shape index (κ2) is 4.26. The summed E-state index contributed by atoms with van der Waals surface area (Å²) in [6, 6.07) is 0.820. The van der Waals surface area contributed by atoms with Crippen LogP contribution in [0.5, 0.6) is 0 Å². The van der Waals surface area contributed by atoms with E-state index in [0.717, 1.165) is 0 Å². The van der Waals surface area contributed by atoms with Crippen LogP contribution in [0.3, 0.4) is 0 Å². The summed E-state index contributed by atoms with van der Waals surface area (Å²) >= 11 is 0. The Kier molecular flexibility index (Phi) is 2.82. The first kappa shape index (κ1) is 9.91. The number of primary amides is 1. The van der Waals surface area contributed by atoms with Crippen molar-refractivity contribution < 1.29 is 9.21 Å². The average Bonchev–Trinajstić information content (AvgIpc) is 2.92. The van der Waals surface area contributed by atoms with Gasteiger partial charge in [0.2, 0.25) is 11.8 Å². The third kappa shape index (κ3) is 3.21. The molecule has 1 aromatic heterocycles. The van der Waals surface area contributed by atoms with Gasteiger partial charge in [-0.25, -0.2) is 0 Å². The Morgan fingerprint density at radius 2 is 2.33 bits per heavy atom. The minimum absolute atomic E-state index is 0.00229. The highest BCUT2D eigenvalue weighted by Gasteiger charge is 2.21. The number of nitrogens with one attached hydrogen (secondary N) is 2. The Labute approximate surface area is 86.4 Å². The molecule has 7 heteroatoms. The monoisotopic (exact) mass is 211 g/mol. The van der Waals surface area contributed by atoms with Gasteiger partial charge in [-0.1, -0.05) is 5.10 Å². The Morgan fingerprint density at radius 3 is 3.00 bits per heavy atom. The fraction of sp³-hybridized carbons (Fsp3) is 0.625. The second-order valence-corrected chi connectivity index (χ2v) is 3.48. The van der Waals surface area contributed by atoms with E-state index in [4.69, 9.17) is 10.2 Å². The second-order valence-electron chi connectivity index (χ2n) is 3.48. The average molecular weight is 211 g/mol. The molecule has 82 valence electrons. The first-order chi connectivity index (χ1) is 7.24. The third-order valence-electron chi connectivity index (χ3n) is 2.00. The predicted molar refractivity (Wildman–Crippen MR) is 51.8 cm³/mol. The van der Waals surface area contributed by atoms with Gasteiger partial charge in [0.25, 0.3) is 0 Å². The quantitative estimate of drug-likeness (QED) is 0.570. The lowest BCUT2D eigenvalue weighted by atomic mass is 10.6. The minimum Gasteiger partial charge on any atom is -0.407 e. The molecular weight excluding hydrogens is 198 g/mol. The van der Waals surface area contributed by atoms with E-state index in [1.165, 1.54) is 12.8 Å². The summed E-state index contributed by atoms with van der Waals surface area (Å²) in [5.41, 5.74) is 4.95. The van der Waals surface area contributed by atoms with Crippen molar-refractivity contribution in [1.29, 1.82) is 0 Å². The summed E-state index contributed by atoms with van der Waals surface area (Å²) in [4.78, 5) is 10.5. The van der Waals surface area contributed by atoms with Crippen molar-refractivity contribution in [2.24, 2.45) is 5.73 Å². The third-order valence-corrected chi connectivity index (χ3v) is 2.00. The summed E-state index contributed by atoms with van der Waals surface area (Å²) < 4.78 is 5.21. The first-order valence-electron chi connectivity index (χ1n) is 4.82. The molecule has 1 amide bonds. The zero-order valence-electron chi connectivity index (χ0n) is 8.19. The smallest absolute Gasteiger partial charge is 0.315 e. The van der Waals surface area contributed by atoms with Crippen LogP contribution in [0, 0.1) is 0 Å². The molecule has 15 heavy (non-hydrogen) atoms. The van der Waals surface area contributed by atoms with Gasteiger partial charge in [0.05, 0.1) is 13.1 Å². The van der Waals surface area contributed by atoms with E-state index in [0.29, 0.717) is 18.5 Å². The van der Waals surface area contributed by atoms with E-state index in [-0.39, 0.29) is 12.6 Å². The summed E-state index contributed by atoms with van der Waals surface area (Å²) in [6.07, 6.45) is 2.42. The number of anilines is 1. The van der Waals surface area contributed by atoms with E-state index in [9.17, 15) is 4.79 Å². The van der Waals surface area contributed by atoms with Crippen LogP contribution >= 0.6 is 0 Å². The largest absolute Gasteiger partial charge is 0.407 e. The van der Waals surface area contributed by atoms with Crippen molar-refractivity contribution >= 4 is 11.9 Å². The molecule has 0 bridgehead atoms. The van der Waals surface area contributed by atoms with E-state index in [2.05, 4.69) is 20.8 Å². The van der Waals surface area contributed by atoms with E-state index >= 15 is 0 Å². The zero-order valence-corrected chi connectivity index (χ0v) is 8.19. The maximum atomic E-state index is 10.5. The molecular formula is C8H13N5O2. The van der Waals surface area contributed by atoms with Gasteiger partial charge in [-0.3, -0.25) is 4.79 Å². The van der Waals surface area contributed by atoms with Gasteiger partial charge < -0.3 is 20.8 Å². The van der Waals surface area contributed by atoms with Crippen molar-refractivity contribution in [3.63, 3.8) is 0 Å². The number of hydrogen-bond donors (Lipinski definition) is 3. The summed E-state index contributed by atoms with van der Waals surface area (Å²) in [6.45, 7) is 0.563. The van der Waals surface area contributed by atoms with Gasteiger partial charge >= 0.3 is 6.01 Å². The van der Waals surface area contributed by atoms with Crippen molar-refractivity contribution in [2.75, 3.05) is 11.9 Å². The van der Waals surface area contributed by atoms with E-state index < -0.39 is 5.91 Å². The number of hydrogen-bond acceptors (Lipinski definition) is 6. The van der Waals surface area contributed by atoms with Crippen LogP contribution in [0.2, 0.25) is 0 Å². The maximum Gasteiger partial charge on any atom is 0.315 e. The van der Waals surface area contributed by atoms with E-state index in [1.54, 1.807) is 0 Å². The number of amides is 1. The van der Waals surface area contributed by atoms with Gasteiger partial charge in [-0.05, 0) is 12.8 Å². The SMILES string of the molecule is NC(=O)CNc1nnc(CNC2CC2)o1. The lowest BCUT2D eigenvalue weighted by molar-refractivity contribution is -0.116. The lowest BCUT2D eigenvalue weighted by Crippen LogP contribution is -2.21. The molecule has 1 heterocycles. The van der Waals surface area contributed by atoms with Gasteiger partial charge in [0.15, 0.2) is 0 Å². The summed E-state index contributed by atoms with van der Waals surface area (Å²) in [7, 11) is 0. The molecule has 0 spiro atoms. The molecule has 7 nitrogen and oxygen atoms in total. The molecule has 4 N–H and O–H groups in total. The number of nitrogens with zero attached hydrogens (tertiary/aromatic N) is 2. The molecule has 1 saturated carbocycles. The zero-order chi connectivity index (χ0) is 10.7. The first-order valence-corrected chi connectivity index (χ1v) is 4.82. The van der Waals surface area contributed by atoms with E-state index in [1.807, 2.05) is 0 Å². The number of aromatic nitrogens is 2. The topological polar surface area (TPSA) is 106 Å². The number of carbonyl (C=O) groups excluding carboxylic acids is 1. The highest BCUT2D eigenvalue weighted by molar-refractivity contribution is 5.78. The Balaban J connectivity index is 1.77. The Hall–Kier alpha value is -1.63. The molecule has 2 rings (SSSR count). The fourth-order valence-corrected chi connectivity index (χ4v) is 1.08. The van der Waals surface area contributed by atoms with Crippen molar-refractivity contribution in [1.82, 2.24) is 15.5 Å². The lowest BCUT2D eigenvalue weighted by Gasteiger charge is -1.96. The molecule has 0 radical (unpaired) electrons. The predicted octanol–water partition coefficient (Wildman–Crippen LogP) is -0.781. The molecule has 0 unspecified atom stereocenters. The fourth-order valence-electron chi connectivity index (χ4n) is 1.08. The highest BCUT2D eigenvalue weighted by atomic mass is 16.4. The number of carbonyl (C=O) groups is 1. The van der Waals surface area contributed by atoms with Gasteiger partial charge in [-0.2, -0.15) is 0 Å². The van der Waals surface area contributed by atoms with Gasteiger partial charge in [-0.15, -0.1) is 5.10 Å². The van der Waals surface area contributed by atoms with Crippen LogP contribution < -0.4 is 16.4 Å². The molecule has 0 atom stereocenters. The Bertz CT molecular complexity index is 347. The van der Waals surface area contributed by atoms with Crippen LogP contribution in [-0.4, -0.2) is 28.7 Å².